The summed E-state index contributed by atoms with van der Waals surface area (Å²) in [6.07, 6.45) is 6.31. The molecule has 3 nitrogen and oxygen atoms in total. The van der Waals surface area contributed by atoms with E-state index < -0.39 is 0 Å². The summed E-state index contributed by atoms with van der Waals surface area (Å²) in [5.74, 6) is 0.974. The Bertz CT molecular complexity index is 466. The number of amides is 1. The first-order valence-electron chi connectivity index (χ1n) is 6.90. The summed E-state index contributed by atoms with van der Waals surface area (Å²) < 4.78 is 0. The molecule has 1 unspecified atom stereocenters. The molecule has 3 heteroatoms. The number of nitrogens with two attached hydrogens (primary N) is 1. The van der Waals surface area contributed by atoms with Crippen molar-refractivity contribution < 1.29 is 4.79 Å². The minimum Gasteiger partial charge on any atom is -0.326 e. The molecule has 1 fully saturated rings. The van der Waals surface area contributed by atoms with Crippen LogP contribution in [0.25, 0.3) is 0 Å². The van der Waals surface area contributed by atoms with E-state index in [1.165, 1.54) is 24.0 Å². The van der Waals surface area contributed by atoms with Crippen LogP contribution in [0.1, 0.15) is 49.3 Å². The molecule has 1 amide bonds. The number of anilines is 1. The molecule has 0 bridgehead atoms. The molecule has 1 heterocycles. The molecular formula is C15H20N2O. The van der Waals surface area contributed by atoms with Crippen LogP contribution >= 0.6 is 0 Å². The Morgan fingerprint density at radius 1 is 1.33 bits per heavy atom. The summed E-state index contributed by atoms with van der Waals surface area (Å²) in [5, 5.41) is 2.96. The fourth-order valence-corrected chi connectivity index (χ4v) is 2.67. The Morgan fingerprint density at radius 3 is 2.94 bits per heavy atom. The summed E-state index contributed by atoms with van der Waals surface area (Å²) in [7, 11) is 0. The lowest BCUT2D eigenvalue weighted by atomic mass is 9.97. The van der Waals surface area contributed by atoms with Crippen molar-refractivity contribution in [3.05, 3.63) is 29.3 Å². The number of hydrogen-bond donors (Lipinski definition) is 2. The summed E-state index contributed by atoms with van der Waals surface area (Å²) in [5.41, 5.74) is 9.68. The number of carbonyl (C=O) groups is 1. The summed E-state index contributed by atoms with van der Waals surface area (Å²) in [6.45, 7) is 0. The SMILES string of the molecule is NC(CC1CC1)c1ccc2c(c1)CCCC(=O)N2. The van der Waals surface area contributed by atoms with E-state index in [9.17, 15) is 4.79 Å². The molecule has 2 aliphatic rings. The zero-order valence-corrected chi connectivity index (χ0v) is 10.6. The van der Waals surface area contributed by atoms with E-state index in [0.717, 1.165) is 30.9 Å². The molecule has 96 valence electrons. The van der Waals surface area contributed by atoms with Crippen LogP contribution in [0.4, 0.5) is 5.69 Å². The van der Waals surface area contributed by atoms with E-state index in [1.54, 1.807) is 0 Å². The number of hydrogen-bond acceptors (Lipinski definition) is 2. The van der Waals surface area contributed by atoms with Gasteiger partial charge in [0.2, 0.25) is 5.91 Å². The molecule has 1 saturated carbocycles. The Kier molecular flexibility index (Phi) is 3.08. The number of nitrogens with one attached hydrogen (secondary N) is 1. The Labute approximate surface area is 108 Å². The molecule has 0 spiro atoms. The highest BCUT2D eigenvalue weighted by Crippen LogP contribution is 2.37. The highest BCUT2D eigenvalue weighted by atomic mass is 16.1. The van der Waals surface area contributed by atoms with Gasteiger partial charge in [-0.2, -0.15) is 0 Å². The number of benzene rings is 1. The van der Waals surface area contributed by atoms with Crippen LogP contribution < -0.4 is 11.1 Å². The van der Waals surface area contributed by atoms with Crippen LogP contribution in [0, 0.1) is 5.92 Å². The fourth-order valence-electron chi connectivity index (χ4n) is 2.67. The van der Waals surface area contributed by atoms with Crippen molar-refractivity contribution in [2.75, 3.05) is 5.32 Å². The monoisotopic (exact) mass is 244 g/mol. The normalized spacial score (nSPS) is 20.8. The molecule has 0 radical (unpaired) electrons. The third kappa shape index (κ3) is 2.56. The topological polar surface area (TPSA) is 55.1 Å². The predicted molar refractivity (Wildman–Crippen MR) is 72.3 cm³/mol. The van der Waals surface area contributed by atoms with Gasteiger partial charge in [0.05, 0.1) is 0 Å². The maximum Gasteiger partial charge on any atom is 0.224 e. The van der Waals surface area contributed by atoms with Crippen molar-refractivity contribution in [3.63, 3.8) is 0 Å². The lowest BCUT2D eigenvalue weighted by molar-refractivity contribution is -0.116. The van der Waals surface area contributed by atoms with Crippen LogP contribution in [0.2, 0.25) is 0 Å². The first-order chi connectivity index (χ1) is 8.72. The van der Waals surface area contributed by atoms with Gasteiger partial charge in [-0.3, -0.25) is 4.79 Å². The van der Waals surface area contributed by atoms with Gasteiger partial charge in [0.15, 0.2) is 0 Å². The minimum absolute atomic E-state index is 0.128. The molecule has 0 aromatic heterocycles. The van der Waals surface area contributed by atoms with Crippen molar-refractivity contribution >= 4 is 11.6 Å². The highest BCUT2D eigenvalue weighted by molar-refractivity contribution is 5.92. The molecule has 1 atom stereocenters. The van der Waals surface area contributed by atoms with Gasteiger partial charge in [0, 0.05) is 18.2 Å². The van der Waals surface area contributed by atoms with E-state index in [-0.39, 0.29) is 11.9 Å². The van der Waals surface area contributed by atoms with Gasteiger partial charge in [0.25, 0.3) is 0 Å². The molecule has 3 N–H and O–H groups in total. The second-order valence-electron chi connectivity index (χ2n) is 5.60. The van der Waals surface area contributed by atoms with E-state index >= 15 is 0 Å². The van der Waals surface area contributed by atoms with E-state index in [4.69, 9.17) is 5.73 Å². The van der Waals surface area contributed by atoms with Crippen LogP contribution in [0.3, 0.4) is 0 Å². The molecule has 1 aliphatic heterocycles. The summed E-state index contributed by atoms with van der Waals surface area (Å²) in [4.78, 5) is 11.5. The lowest BCUT2D eigenvalue weighted by Gasteiger charge is -2.14. The third-order valence-corrected chi connectivity index (χ3v) is 3.97. The van der Waals surface area contributed by atoms with Gasteiger partial charge < -0.3 is 11.1 Å². The van der Waals surface area contributed by atoms with E-state index in [0.29, 0.717) is 6.42 Å². The summed E-state index contributed by atoms with van der Waals surface area (Å²) in [6, 6.07) is 6.42. The smallest absolute Gasteiger partial charge is 0.224 e. The molecule has 1 aromatic rings. The maximum absolute atomic E-state index is 11.5. The zero-order valence-electron chi connectivity index (χ0n) is 10.6. The second kappa shape index (κ2) is 4.73. The van der Waals surface area contributed by atoms with E-state index in [2.05, 4.69) is 17.4 Å². The maximum atomic E-state index is 11.5. The minimum atomic E-state index is 0.128. The van der Waals surface area contributed by atoms with Gasteiger partial charge >= 0.3 is 0 Å². The van der Waals surface area contributed by atoms with Crippen molar-refractivity contribution in [1.82, 2.24) is 0 Å². The Hall–Kier alpha value is -1.35. The van der Waals surface area contributed by atoms with Crippen LogP contribution in [-0.4, -0.2) is 5.91 Å². The quantitative estimate of drug-likeness (QED) is 0.859. The molecule has 1 aliphatic carbocycles. The van der Waals surface area contributed by atoms with Gasteiger partial charge in [-0.05, 0) is 42.4 Å². The average molecular weight is 244 g/mol. The fraction of sp³-hybridized carbons (Fsp3) is 0.533. The Balaban J connectivity index is 1.80. The predicted octanol–water partition coefficient (Wildman–Crippen LogP) is 2.76. The number of carbonyl (C=O) groups excluding carboxylic acids is 1. The number of aryl methyl sites for hydroxylation is 1. The average Bonchev–Trinajstić information content (AvgIpc) is 3.15. The molecule has 1 aromatic carbocycles. The second-order valence-corrected chi connectivity index (χ2v) is 5.60. The first kappa shape index (κ1) is 11.7. The van der Waals surface area contributed by atoms with Gasteiger partial charge in [-0.25, -0.2) is 0 Å². The van der Waals surface area contributed by atoms with Crippen molar-refractivity contribution in [1.29, 1.82) is 0 Å². The van der Waals surface area contributed by atoms with Crippen molar-refractivity contribution in [2.24, 2.45) is 11.7 Å². The lowest BCUT2D eigenvalue weighted by Crippen LogP contribution is -2.12. The number of fused-ring (bicyclic) bond motifs is 1. The van der Waals surface area contributed by atoms with Crippen molar-refractivity contribution in [2.45, 2.75) is 44.6 Å². The van der Waals surface area contributed by atoms with Crippen molar-refractivity contribution in [3.8, 4) is 0 Å². The third-order valence-electron chi connectivity index (χ3n) is 3.97. The van der Waals surface area contributed by atoms with Gasteiger partial charge in [-0.15, -0.1) is 0 Å². The largest absolute Gasteiger partial charge is 0.326 e. The van der Waals surface area contributed by atoms with Crippen LogP contribution in [0.15, 0.2) is 18.2 Å². The van der Waals surface area contributed by atoms with Crippen LogP contribution in [0.5, 0.6) is 0 Å². The molecule has 0 saturated heterocycles. The molecular weight excluding hydrogens is 224 g/mol. The molecule has 3 rings (SSSR count). The number of rotatable bonds is 3. The zero-order chi connectivity index (χ0) is 12.5. The molecule has 18 heavy (non-hydrogen) atoms. The standard InChI is InChI=1S/C15H20N2O/c16-13(8-10-4-5-10)11-6-7-14-12(9-11)2-1-3-15(18)17-14/h6-7,9-10,13H,1-5,8,16H2,(H,17,18). The van der Waals surface area contributed by atoms with Gasteiger partial charge in [0.1, 0.15) is 0 Å². The van der Waals surface area contributed by atoms with E-state index in [1.807, 2.05) is 6.07 Å². The first-order valence-corrected chi connectivity index (χ1v) is 6.90. The summed E-state index contributed by atoms with van der Waals surface area (Å²) >= 11 is 0. The highest BCUT2D eigenvalue weighted by Gasteiger charge is 2.25. The van der Waals surface area contributed by atoms with Crippen LogP contribution in [-0.2, 0) is 11.2 Å². The Morgan fingerprint density at radius 2 is 2.17 bits per heavy atom. The van der Waals surface area contributed by atoms with Gasteiger partial charge in [-0.1, -0.05) is 25.0 Å².